The number of hydrogen-bond acceptors (Lipinski definition) is 3. The second-order valence-electron chi connectivity index (χ2n) is 5.45. The van der Waals surface area contributed by atoms with E-state index in [1.807, 2.05) is 97.1 Å². The number of nitrogens with one attached hydrogen (secondary N) is 1. The zero-order valence-electron chi connectivity index (χ0n) is 14.1. The minimum Gasteiger partial charge on any atom is -0.497 e. The van der Waals surface area contributed by atoms with Gasteiger partial charge in [-0.1, -0.05) is 66.7 Å². The molecule has 0 aliphatic heterocycles. The number of allylic oxidation sites excluding steroid dienone is 1. The van der Waals surface area contributed by atoms with Crippen molar-refractivity contribution < 1.29 is 4.74 Å². The molecule has 0 heterocycles. The Balaban J connectivity index is 1.84. The standard InChI is InChI=1S/C22H20N2O/c1-25-21-15-12-18(13-16-21)14-17-22(19-8-4-2-5-9-19)24-23-20-10-6-3-7-11-20/h2-17,23H,1H3/b17-14+,24-22+. The van der Waals surface area contributed by atoms with E-state index in [0.717, 1.165) is 28.3 Å². The number of benzene rings is 3. The minimum absolute atomic E-state index is 0.847. The summed E-state index contributed by atoms with van der Waals surface area (Å²) >= 11 is 0. The summed E-state index contributed by atoms with van der Waals surface area (Å²) < 4.78 is 5.19. The minimum atomic E-state index is 0.847. The number of nitrogens with zero attached hydrogens (tertiary/aromatic N) is 1. The second-order valence-corrected chi connectivity index (χ2v) is 5.45. The van der Waals surface area contributed by atoms with Crippen LogP contribution in [0.5, 0.6) is 5.75 Å². The van der Waals surface area contributed by atoms with Gasteiger partial charge in [-0.05, 0) is 35.9 Å². The Morgan fingerprint density at radius 3 is 2.12 bits per heavy atom. The fourth-order valence-electron chi connectivity index (χ4n) is 2.33. The van der Waals surface area contributed by atoms with Gasteiger partial charge < -0.3 is 4.74 Å². The molecule has 0 saturated heterocycles. The molecule has 3 aromatic carbocycles. The number of para-hydroxylation sites is 1. The number of hydrazone groups is 1. The predicted molar refractivity (Wildman–Crippen MR) is 105 cm³/mol. The molecule has 0 aliphatic carbocycles. The molecule has 0 aromatic heterocycles. The molecule has 0 radical (unpaired) electrons. The molecule has 0 saturated carbocycles. The fourth-order valence-corrected chi connectivity index (χ4v) is 2.33. The van der Waals surface area contributed by atoms with Crippen LogP contribution >= 0.6 is 0 Å². The highest BCUT2D eigenvalue weighted by molar-refractivity contribution is 6.11. The van der Waals surface area contributed by atoms with Crippen LogP contribution < -0.4 is 10.2 Å². The molecule has 0 fully saturated rings. The van der Waals surface area contributed by atoms with Crippen LogP contribution in [0.1, 0.15) is 11.1 Å². The third-order valence-corrected chi connectivity index (χ3v) is 3.70. The summed E-state index contributed by atoms with van der Waals surface area (Å²) in [6.45, 7) is 0. The molecule has 124 valence electrons. The quantitative estimate of drug-likeness (QED) is 0.497. The number of rotatable bonds is 6. The maximum Gasteiger partial charge on any atom is 0.118 e. The Bertz CT molecular complexity index is 838. The normalized spacial score (nSPS) is 11.5. The van der Waals surface area contributed by atoms with Gasteiger partial charge in [-0.2, -0.15) is 5.10 Å². The van der Waals surface area contributed by atoms with Crippen molar-refractivity contribution in [3.63, 3.8) is 0 Å². The second kappa shape index (κ2) is 8.50. The smallest absolute Gasteiger partial charge is 0.118 e. The molecule has 0 amide bonds. The molecule has 0 aliphatic rings. The van der Waals surface area contributed by atoms with Crippen LogP contribution in [0.15, 0.2) is 96.1 Å². The summed E-state index contributed by atoms with van der Waals surface area (Å²) in [5.74, 6) is 0.847. The van der Waals surface area contributed by atoms with Gasteiger partial charge in [0.1, 0.15) is 5.75 Å². The van der Waals surface area contributed by atoms with Gasteiger partial charge in [0, 0.05) is 5.56 Å². The predicted octanol–water partition coefficient (Wildman–Crippen LogP) is 5.22. The molecule has 25 heavy (non-hydrogen) atoms. The van der Waals surface area contributed by atoms with E-state index in [-0.39, 0.29) is 0 Å². The molecule has 3 rings (SSSR count). The zero-order valence-corrected chi connectivity index (χ0v) is 14.1. The van der Waals surface area contributed by atoms with Gasteiger partial charge in [-0.25, -0.2) is 0 Å². The van der Waals surface area contributed by atoms with Crippen molar-refractivity contribution in [2.45, 2.75) is 0 Å². The Kier molecular flexibility index (Phi) is 5.62. The maximum atomic E-state index is 5.19. The number of anilines is 1. The highest BCUT2D eigenvalue weighted by atomic mass is 16.5. The van der Waals surface area contributed by atoms with Crippen LogP contribution in [-0.2, 0) is 0 Å². The first-order chi connectivity index (χ1) is 12.3. The average Bonchev–Trinajstić information content (AvgIpc) is 2.70. The van der Waals surface area contributed by atoms with Crippen molar-refractivity contribution in [3.8, 4) is 5.75 Å². The molecule has 0 spiro atoms. The largest absolute Gasteiger partial charge is 0.497 e. The van der Waals surface area contributed by atoms with E-state index in [4.69, 9.17) is 4.74 Å². The van der Waals surface area contributed by atoms with Crippen molar-refractivity contribution >= 4 is 17.5 Å². The molecule has 0 bridgehead atoms. The summed E-state index contributed by atoms with van der Waals surface area (Å²) in [6, 6.07) is 27.9. The average molecular weight is 328 g/mol. The van der Waals surface area contributed by atoms with E-state index >= 15 is 0 Å². The van der Waals surface area contributed by atoms with Gasteiger partial charge in [0.05, 0.1) is 18.5 Å². The Hall–Kier alpha value is -3.33. The summed E-state index contributed by atoms with van der Waals surface area (Å²) in [7, 11) is 1.67. The van der Waals surface area contributed by atoms with Gasteiger partial charge in [-0.15, -0.1) is 0 Å². The molecule has 0 atom stereocenters. The Morgan fingerprint density at radius 2 is 1.48 bits per heavy atom. The van der Waals surface area contributed by atoms with Gasteiger partial charge in [0.2, 0.25) is 0 Å². The van der Waals surface area contributed by atoms with E-state index < -0.39 is 0 Å². The van der Waals surface area contributed by atoms with Crippen molar-refractivity contribution in [2.24, 2.45) is 5.10 Å². The first-order valence-electron chi connectivity index (χ1n) is 8.11. The van der Waals surface area contributed by atoms with Crippen molar-refractivity contribution in [3.05, 3.63) is 102 Å². The lowest BCUT2D eigenvalue weighted by atomic mass is 10.1. The molecule has 3 aromatic rings. The van der Waals surface area contributed by atoms with Crippen LogP contribution in [0, 0.1) is 0 Å². The van der Waals surface area contributed by atoms with E-state index in [0.29, 0.717) is 0 Å². The van der Waals surface area contributed by atoms with Crippen molar-refractivity contribution in [1.82, 2.24) is 0 Å². The van der Waals surface area contributed by atoms with Crippen LogP contribution in [-0.4, -0.2) is 12.8 Å². The summed E-state index contributed by atoms with van der Waals surface area (Å²) in [5.41, 5.74) is 7.07. The van der Waals surface area contributed by atoms with Crippen LogP contribution in [0.25, 0.3) is 6.08 Å². The van der Waals surface area contributed by atoms with Crippen LogP contribution in [0.2, 0.25) is 0 Å². The number of hydrogen-bond donors (Lipinski definition) is 1. The molecule has 3 nitrogen and oxygen atoms in total. The Labute approximate surface area is 148 Å². The SMILES string of the molecule is COc1ccc(/C=C/C(=N\Nc2ccccc2)c2ccccc2)cc1. The van der Waals surface area contributed by atoms with Gasteiger partial charge in [0.25, 0.3) is 0 Å². The highest BCUT2D eigenvalue weighted by Crippen LogP contribution is 2.13. The topological polar surface area (TPSA) is 33.6 Å². The van der Waals surface area contributed by atoms with Crippen LogP contribution in [0.3, 0.4) is 0 Å². The van der Waals surface area contributed by atoms with Gasteiger partial charge in [-0.3, -0.25) is 5.43 Å². The molecular formula is C22H20N2O. The third kappa shape index (κ3) is 4.82. The first kappa shape index (κ1) is 16.5. The lowest BCUT2D eigenvalue weighted by Gasteiger charge is -2.05. The lowest BCUT2D eigenvalue weighted by molar-refractivity contribution is 0.415. The summed E-state index contributed by atoms with van der Waals surface area (Å²) in [4.78, 5) is 0. The number of ether oxygens (including phenoxy) is 1. The van der Waals surface area contributed by atoms with E-state index in [1.54, 1.807) is 7.11 Å². The van der Waals surface area contributed by atoms with E-state index in [1.165, 1.54) is 0 Å². The van der Waals surface area contributed by atoms with Crippen molar-refractivity contribution in [1.29, 1.82) is 0 Å². The first-order valence-corrected chi connectivity index (χ1v) is 8.11. The molecule has 0 unspecified atom stereocenters. The molecule has 3 heteroatoms. The Morgan fingerprint density at radius 1 is 0.840 bits per heavy atom. The summed E-state index contributed by atoms with van der Waals surface area (Å²) in [5, 5.41) is 4.57. The van der Waals surface area contributed by atoms with Gasteiger partial charge >= 0.3 is 0 Å². The lowest BCUT2D eigenvalue weighted by Crippen LogP contribution is -2.01. The molecule has 1 N–H and O–H groups in total. The summed E-state index contributed by atoms with van der Waals surface area (Å²) in [6.07, 6.45) is 4.05. The van der Waals surface area contributed by atoms with Crippen LogP contribution in [0.4, 0.5) is 5.69 Å². The molecular weight excluding hydrogens is 308 g/mol. The number of methoxy groups -OCH3 is 1. The van der Waals surface area contributed by atoms with E-state index in [9.17, 15) is 0 Å². The monoisotopic (exact) mass is 328 g/mol. The third-order valence-electron chi connectivity index (χ3n) is 3.70. The van der Waals surface area contributed by atoms with E-state index in [2.05, 4.69) is 10.5 Å². The maximum absolute atomic E-state index is 5.19. The fraction of sp³-hybridized carbons (Fsp3) is 0.0455. The van der Waals surface area contributed by atoms with Gasteiger partial charge in [0.15, 0.2) is 0 Å². The van der Waals surface area contributed by atoms with Crippen molar-refractivity contribution in [2.75, 3.05) is 12.5 Å². The highest BCUT2D eigenvalue weighted by Gasteiger charge is 2.00. The zero-order chi connectivity index (χ0) is 17.3.